The van der Waals surface area contributed by atoms with Crippen molar-refractivity contribution in [1.29, 1.82) is 0 Å². The van der Waals surface area contributed by atoms with Gasteiger partial charge in [0.2, 0.25) is 5.91 Å². The average Bonchev–Trinajstić information content (AvgIpc) is 3.75. The van der Waals surface area contributed by atoms with Gasteiger partial charge in [-0.1, -0.05) is 18.2 Å². The van der Waals surface area contributed by atoms with Gasteiger partial charge in [-0.15, -0.1) is 0 Å². The second-order valence-corrected chi connectivity index (χ2v) is 13.3. The van der Waals surface area contributed by atoms with Gasteiger partial charge >= 0.3 is 6.16 Å². The summed E-state index contributed by atoms with van der Waals surface area (Å²) in [5.41, 5.74) is 0.632. The second kappa shape index (κ2) is 14.0. The summed E-state index contributed by atoms with van der Waals surface area (Å²) in [7, 11) is 1.54. The first-order valence-electron chi connectivity index (χ1n) is 15.6. The number of rotatable bonds is 11. The molecule has 1 atom stereocenters. The predicted molar refractivity (Wildman–Crippen MR) is 169 cm³/mol. The lowest BCUT2D eigenvalue weighted by Gasteiger charge is -2.31. The SMILES string of the molecule is CCOc1cc([C@@H](CCC(=O)N(OC(=O)OC(C)(C)C)OC(C)(C)C)N2Cc3cccc(NC(=O)C4CC4)c3C2=O)ccc1OC. The van der Waals surface area contributed by atoms with Crippen molar-refractivity contribution in [2.24, 2.45) is 5.92 Å². The largest absolute Gasteiger partial charge is 0.536 e. The van der Waals surface area contributed by atoms with E-state index in [0.29, 0.717) is 40.1 Å². The van der Waals surface area contributed by atoms with Crippen molar-refractivity contribution in [3.8, 4) is 11.5 Å². The fourth-order valence-corrected chi connectivity index (χ4v) is 5.05. The molecule has 0 spiro atoms. The van der Waals surface area contributed by atoms with E-state index in [4.69, 9.17) is 23.9 Å². The minimum Gasteiger partial charge on any atom is -0.493 e. The van der Waals surface area contributed by atoms with E-state index in [0.717, 1.165) is 18.4 Å². The van der Waals surface area contributed by atoms with E-state index in [1.165, 1.54) is 0 Å². The second-order valence-electron chi connectivity index (χ2n) is 13.3. The Hall–Kier alpha value is -4.32. The van der Waals surface area contributed by atoms with E-state index in [9.17, 15) is 19.2 Å². The quantitative estimate of drug-likeness (QED) is 0.221. The molecule has 0 bridgehead atoms. The van der Waals surface area contributed by atoms with Crippen LogP contribution in [0.4, 0.5) is 10.5 Å². The van der Waals surface area contributed by atoms with E-state index in [1.54, 1.807) is 71.8 Å². The van der Waals surface area contributed by atoms with Crippen LogP contribution in [0.15, 0.2) is 36.4 Å². The van der Waals surface area contributed by atoms with Crippen molar-refractivity contribution < 1.29 is 43.1 Å². The molecule has 2 aromatic rings. The van der Waals surface area contributed by atoms with Crippen molar-refractivity contribution in [3.05, 3.63) is 53.1 Å². The highest BCUT2D eigenvalue weighted by molar-refractivity contribution is 6.07. The molecular formula is C34H45N3O9. The van der Waals surface area contributed by atoms with Gasteiger partial charge in [-0.25, -0.2) is 9.63 Å². The molecule has 0 radical (unpaired) electrons. The molecule has 3 amide bonds. The highest BCUT2D eigenvalue weighted by atomic mass is 17.0. The van der Waals surface area contributed by atoms with E-state index in [2.05, 4.69) is 5.32 Å². The first kappa shape index (κ1) is 34.6. The van der Waals surface area contributed by atoms with Crippen molar-refractivity contribution in [1.82, 2.24) is 10.1 Å². The predicted octanol–water partition coefficient (Wildman–Crippen LogP) is 6.35. The maximum atomic E-state index is 14.1. The third-order valence-electron chi connectivity index (χ3n) is 7.16. The Bertz CT molecular complexity index is 1460. The number of carbonyl (C=O) groups excluding carboxylic acids is 4. The fourth-order valence-electron chi connectivity index (χ4n) is 5.05. The van der Waals surface area contributed by atoms with Crippen molar-refractivity contribution in [3.63, 3.8) is 0 Å². The Morgan fingerprint density at radius 2 is 1.74 bits per heavy atom. The molecule has 12 nitrogen and oxygen atoms in total. The van der Waals surface area contributed by atoms with Gasteiger partial charge in [0, 0.05) is 18.9 Å². The zero-order valence-electron chi connectivity index (χ0n) is 27.9. The number of hydroxylamine groups is 2. The minimum atomic E-state index is -1.09. The van der Waals surface area contributed by atoms with Gasteiger partial charge < -0.3 is 24.4 Å². The summed E-state index contributed by atoms with van der Waals surface area (Å²) in [6.07, 6.45) is 0.561. The van der Waals surface area contributed by atoms with Crippen LogP contribution in [0.1, 0.15) is 102 Å². The Labute approximate surface area is 270 Å². The molecule has 1 heterocycles. The first-order valence-corrected chi connectivity index (χ1v) is 15.6. The number of ether oxygens (including phenoxy) is 3. The van der Waals surface area contributed by atoms with Crippen LogP contribution >= 0.6 is 0 Å². The molecule has 0 saturated heterocycles. The number of hydrogen-bond acceptors (Lipinski definition) is 9. The minimum absolute atomic E-state index is 0.0281. The van der Waals surface area contributed by atoms with Crippen LogP contribution in [0, 0.1) is 5.92 Å². The van der Waals surface area contributed by atoms with Gasteiger partial charge in [0.25, 0.3) is 11.8 Å². The van der Waals surface area contributed by atoms with Crippen LogP contribution in [-0.2, 0) is 30.5 Å². The standard InChI is InChI=1S/C34H45N3O9/c1-9-43-27-19-22(15-17-26(27)42-8)25(16-18-28(38)37(46-34(5,6)7)45-32(41)44-33(2,3)4)36-20-23-11-10-12-24(29(23)31(36)40)35-30(39)21-13-14-21/h10-12,15,17,19,21,25H,9,13-14,16,18,20H2,1-8H3,(H,35,39)/t25-/m1/s1. The molecule has 46 heavy (non-hydrogen) atoms. The summed E-state index contributed by atoms with van der Waals surface area (Å²) in [5, 5.41) is 3.49. The summed E-state index contributed by atoms with van der Waals surface area (Å²) < 4.78 is 16.5. The normalized spacial score (nSPS) is 15.1. The zero-order chi connectivity index (χ0) is 33.8. The fraction of sp³-hybridized carbons (Fsp3) is 0.529. The van der Waals surface area contributed by atoms with Crippen LogP contribution in [0.2, 0.25) is 0 Å². The van der Waals surface area contributed by atoms with E-state index in [1.807, 2.05) is 25.1 Å². The van der Waals surface area contributed by atoms with E-state index in [-0.39, 0.29) is 37.1 Å². The number of hydrogen-bond donors (Lipinski definition) is 1. The molecule has 1 N–H and O–H groups in total. The summed E-state index contributed by atoms with van der Waals surface area (Å²) in [6.45, 7) is 12.7. The number of fused-ring (bicyclic) bond motifs is 1. The number of amides is 3. The molecule has 12 heteroatoms. The van der Waals surface area contributed by atoms with Crippen molar-refractivity contribution in [2.45, 2.75) is 97.9 Å². The summed E-state index contributed by atoms with van der Waals surface area (Å²) in [5.74, 6) is -0.0307. The molecule has 1 fully saturated rings. The summed E-state index contributed by atoms with van der Waals surface area (Å²) in [4.78, 5) is 65.3. The van der Waals surface area contributed by atoms with Gasteiger partial charge in [-0.05, 0) is 102 Å². The number of nitrogens with zero attached hydrogens (tertiary/aromatic N) is 2. The Morgan fingerprint density at radius 1 is 1.02 bits per heavy atom. The Kier molecular flexibility index (Phi) is 10.5. The Morgan fingerprint density at radius 3 is 2.35 bits per heavy atom. The topological polar surface area (TPSA) is 133 Å². The molecule has 0 unspecified atom stereocenters. The third kappa shape index (κ3) is 8.90. The molecule has 1 aliphatic heterocycles. The molecule has 4 rings (SSSR count). The first-order chi connectivity index (χ1) is 21.6. The molecule has 2 aliphatic rings. The average molecular weight is 640 g/mol. The third-order valence-corrected chi connectivity index (χ3v) is 7.16. The van der Waals surface area contributed by atoms with Crippen LogP contribution in [0.5, 0.6) is 11.5 Å². The van der Waals surface area contributed by atoms with Crippen LogP contribution < -0.4 is 14.8 Å². The Balaban J connectivity index is 1.64. The lowest BCUT2D eigenvalue weighted by atomic mass is 9.99. The van der Waals surface area contributed by atoms with Crippen LogP contribution in [-0.4, -0.2) is 58.9 Å². The molecule has 2 aromatic carbocycles. The number of nitrogens with one attached hydrogen (secondary N) is 1. The van der Waals surface area contributed by atoms with E-state index >= 15 is 0 Å². The highest BCUT2D eigenvalue weighted by Gasteiger charge is 2.38. The van der Waals surface area contributed by atoms with Gasteiger partial charge in [-0.2, -0.15) is 0 Å². The number of carbonyl (C=O) groups is 4. The van der Waals surface area contributed by atoms with Gasteiger partial charge in [0.1, 0.15) is 5.60 Å². The highest BCUT2D eigenvalue weighted by Crippen LogP contribution is 2.40. The lowest BCUT2D eigenvalue weighted by Crippen LogP contribution is -2.41. The maximum absolute atomic E-state index is 14.1. The molecule has 250 valence electrons. The zero-order valence-corrected chi connectivity index (χ0v) is 27.9. The number of anilines is 1. The van der Waals surface area contributed by atoms with Gasteiger partial charge in [-0.3, -0.25) is 19.2 Å². The molecular weight excluding hydrogens is 594 g/mol. The van der Waals surface area contributed by atoms with Crippen molar-refractivity contribution >= 4 is 29.6 Å². The summed E-state index contributed by atoms with van der Waals surface area (Å²) >= 11 is 0. The molecule has 1 saturated carbocycles. The van der Waals surface area contributed by atoms with Crippen LogP contribution in [0.3, 0.4) is 0 Å². The number of methoxy groups -OCH3 is 1. The maximum Gasteiger partial charge on any atom is 0.536 e. The molecule has 0 aromatic heterocycles. The lowest BCUT2D eigenvalue weighted by molar-refractivity contribution is -0.354. The van der Waals surface area contributed by atoms with Crippen LogP contribution in [0.25, 0.3) is 0 Å². The molecule has 1 aliphatic carbocycles. The van der Waals surface area contributed by atoms with E-state index < -0.39 is 29.3 Å². The smallest absolute Gasteiger partial charge is 0.493 e. The van der Waals surface area contributed by atoms with Crippen molar-refractivity contribution in [2.75, 3.05) is 19.0 Å². The monoisotopic (exact) mass is 639 g/mol. The number of benzene rings is 2. The van der Waals surface area contributed by atoms with Gasteiger partial charge in [0.05, 0.1) is 36.6 Å². The summed E-state index contributed by atoms with van der Waals surface area (Å²) in [6, 6.07) is 10.2. The van der Waals surface area contributed by atoms with Gasteiger partial charge in [0.15, 0.2) is 11.5 Å².